The van der Waals surface area contributed by atoms with E-state index >= 15 is 0 Å². The molecule has 2 N–H and O–H groups in total. The molecule has 0 amide bonds. The van der Waals surface area contributed by atoms with Crippen LogP contribution in [0.4, 0.5) is 0 Å². The lowest BCUT2D eigenvalue weighted by molar-refractivity contribution is 0.232. The Labute approximate surface area is 76.5 Å². The lowest BCUT2D eigenvalue weighted by Crippen LogP contribution is -2.42. The molecule has 0 radical (unpaired) electrons. The van der Waals surface area contributed by atoms with Crippen molar-refractivity contribution in [2.75, 3.05) is 20.8 Å². The van der Waals surface area contributed by atoms with Gasteiger partial charge in [-0.05, 0) is 19.5 Å². The highest BCUT2D eigenvalue weighted by atomic mass is 28.4. The predicted octanol–water partition coefficient (Wildman–Crippen LogP) is 1.48. The largest absolute Gasteiger partial charge is 0.398 e. The normalized spacial score (nSPS) is 14.8. The second-order valence-corrected chi connectivity index (χ2v) is 6.77. The van der Waals surface area contributed by atoms with Crippen molar-refractivity contribution >= 4 is 8.56 Å². The smallest absolute Gasteiger partial charge is 0.337 e. The summed E-state index contributed by atoms with van der Waals surface area (Å²) in [7, 11) is 1.53. The van der Waals surface area contributed by atoms with Gasteiger partial charge in [0.1, 0.15) is 0 Å². The molecule has 0 heterocycles. The second kappa shape index (κ2) is 5.69. The van der Waals surface area contributed by atoms with Crippen LogP contribution in [0.2, 0.25) is 12.1 Å². The molecule has 0 saturated heterocycles. The standard InChI is InChI=1S/C8H21NO2Si/c1-5-8(6-7-9)12(4,10-2)11-3/h8H,5-7,9H2,1-4H3. The molecule has 0 spiro atoms. The van der Waals surface area contributed by atoms with E-state index in [1.807, 2.05) is 0 Å². The van der Waals surface area contributed by atoms with Crippen LogP contribution in [0.3, 0.4) is 0 Å². The topological polar surface area (TPSA) is 44.5 Å². The highest BCUT2D eigenvalue weighted by Gasteiger charge is 2.37. The molecule has 0 aromatic rings. The van der Waals surface area contributed by atoms with Crippen molar-refractivity contribution in [2.45, 2.75) is 31.9 Å². The molecule has 0 saturated carbocycles. The summed E-state index contributed by atoms with van der Waals surface area (Å²) in [6, 6.07) is 0. The minimum absolute atomic E-state index is 0.512. The van der Waals surface area contributed by atoms with E-state index in [2.05, 4.69) is 13.5 Å². The fourth-order valence-electron chi connectivity index (χ4n) is 1.45. The lowest BCUT2D eigenvalue weighted by Gasteiger charge is -2.30. The van der Waals surface area contributed by atoms with Crippen LogP contribution in [-0.2, 0) is 8.85 Å². The molecule has 1 atom stereocenters. The molecule has 0 aliphatic heterocycles. The summed E-state index contributed by atoms with van der Waals surface area (Å²) < 4.78 is 10.9. The highest BCUT2D eigenvalue weighted by molar-refractivity contribution is 6.67. The summed E-state index contributed by atoms with van der Waals surface area (Å²) in [5.41, 5.74) is 6.03. The van der Waals surface area contributed by atoms with Gasteiger partial charge in [-0.2, -0.15) is 0 Å². The zero-order valence-corrected chi connectivity index (χ0v) is 9.59. The molecular weight excluding hydrogens is 170 g/mol. The summed E-state index contributed by atoms with van der Waals surface area (Å²) in [6.07, 6.45) is 2.09. The maximum absolute atomic E-state index is 5.52. The van der Waals surface area contributed by atoms with Gasteiger partial charge < -0.3 is 14.6 Å². The molecule has 0 aromatic heterocycles. The zero-order valence-electron chi connectivity index (χ0n) is 8.59. The lowest BCUT2D eigenvalue weighted by atomic mass is 10.2. The number of nitrogens with two attached hydrogens (primary N) is 1. The minimum Gasteiger partial charge on any atom is -0.398 e. The van der Waals surface area contributed by atoms with Crippen LogP contribution in [0.15, 0.2) is 0 Å². The van der Waals surface area contributed by atoms with Gasteiger partial charge in [0.05, 0.1) is 0 Å². The molecule has 12 heavy (non-hydrogen) atoms. The number of rotatable bonds is 6. The van der Waals surface area contributed by atoms with Gasteiger partial charge in [0.25, 0.3) is 0 Å². The zero-order chi connectivity index (χ0) is 9.61. The second-order valence-electron chi connectivity index (χ2n) is 3.11. The van der Waals surface area contributed by atoms with Gasteiger partial charge >= 0.3 is 8.56 Å². The van der Waals surface area contributed by atoms with E-state index < -0.39 is 8.56 Å². The first-order valence-corrected chi connectivity index (χ1v) is 6.84. The van der Waals surface area contributed by atoms with Crippen LogP contribution in [0.25, 0.3) is 0 Å². The Balaban J connectivity index is 4.21. The maximum Gasteiger partial charge on any atom is 0.337 e. The molecule has 74 valence electrons. The third kappa shape index (κ3) is 2.86. The van der Waals surface area contributed by atoms with E-state index in [1.54, 1.807) is 14.2 Å². The molecule has 0 fully saturated rings. The van der Waals surface area contributed by atoms with Crippen LogP contribution in [0, 0.1) is 0 Å². The third-order valence-electron chi connectivity index (χ3n) is 2.56. The van der Waals surface area contributed by atoms with Crippen molar-refractivity contribution in [3.8, 4) is 0 Å². The highest BCUT2D eigenvalue weighted by Crippen LogP contribution is 2.29. The summed E-state index contributed by atoms with van der Waals surface area (Å²) in [6.45, 7) is 4.97. The van der Waals surface area contributed by atoms with Gasteiger partial charge in [-0.3, -0.25) is 0 Å². The minimum atomic E-state index is -1.93. The van der Waals surface area contributed by atoms with E-state index in [0.717, 1.165) is 12.8 Å². The van der Waals surface area contributed by atoms with E-state index in [4.69, 9.17) is 14.6 Å². The molecule has 0 bridgehead atoms. The van der Waals surface area contributed by atoms with Crippen LogP contribution in [-0.4, -0.2) is 29.3 Å². The first-order chi connectivity index (χ1) is 5.64. The van der Waals surface area contributed by atoms with Crippen molar-refractivity contribution in [1.29, 1.82) is 0 Å². The molecule has 0 rings (SSSR count). The summed E-state index contributed by atoms with van der Waals surface area (Å²) in [4.78, 5) is 0. The average Bonchev–Trinajstić information content (AvgIpc) is 2.13. The Bertz CT molecular complexity index is 118. The Morgan fingerprint density at radius 3 is 2.08 bits per heavy atom. The van der Waals surface area contributed by atoms with E-state index in [1.165, 1.54) is 0 Å². The summed E-state index contributed by atoms with van der Waals surface area (Å²) in [5, 5.41) is 0. The fraction of sp³-hybridized carbons (Fsp3) is 1.00. The monoisotopic (exact) mass is 191 g/mol. The molecular formula is C8H21NO2Si. The number of hydrogen-bond donors (Lipinski definition) is 1. The average molecular weight is 191 g/mol. The van der Waals surface area contributed by atoms with Crippen molar-refractivity contribution in [3.05, 3.63) is 0 Å². The maximum atomic E-state index is 5.52. The van der Waals surface area contributed by atoms with Crippen LogP contribution < -0.4 is 5.73 Å². The summed E-state index contributed by atoms with van der Waals surface area (Å²) >= 11 is 0. The van der Waals surface area contributed by atoms with Gasteiger partial charge in [0, 0.05) is 19.8 Å². The predicted molar refractivity (Wildman–Crippen MR) is 53.3 cm³/mol. The summed E-state index contributed by atoms with van der Waals surface area (Å²) in [5.74, 6) is 0. The molecule has 0 aliphatic rings. The third-order valence-corrected chi connectivity index (χ3v) is 6.36. The van der Waals surface area contributed by atoms with Crippen molar-refractivity contribution < 1.29 is 8.85 Å². The molecule has 0 aromatic carbocycles. The first-order valence-electron chi connectivity index (χ1n) is 4.45. The first kappa shape index (κ1) is 12.1. The molecule has 0 aliphatic carbocycles. The van der Waals surface area contributed by atoms with Crippen molar-refractivity contribution in [2.24, 2.45) is 5.73 Å². The molecule has 1 unspecified atom stereocenters. The van der Waals surface area contributed by atoms with E-state index in [9.17, 15) is 0 Å². The van der Waals surface area contributed by atoms with E-state index in [0.29, 0.717) is 12.1 Å². The van der Waals surface area contributed by atoms with Gasteiger partial charge in [-0.25, -0.2) is 0 Å². The van der Waals surface area contributed by atoms with Crippen LogP contribution in [0.5, 0.6) is 0 Å². The Hall–Kier alpha value is 0.0969. The Kier molecular flexibility index (Phi) is 5.74. The van der Waals surface area contributed by atoms with Crippen LogP contribution in [0.1, 0.15) is 19.8 Å². The van der Waals surface area contributed by atoms with Crippen LogP contribution >= 0.6 is 0 Å². The van der Waals surface area contributed by atoms with Crippen molar-refractivity contribution in [1.82, 2.24) is 0 Å². The fourth-order valence-corrected chi connectivity index (χ4v) is 3.72. The molecule has 4 heteroatoms. The van der Waals surface area contributed by atoms with Gasteiger partial charge in [-0.15, -0.1) is 0 Å². The molecule has 3 nitrogen and oxygen atoms in total. The van der Waals surface area contributed by atoms with Gasteiger partial charge in [0.15, 0.2) is 0 Å². The quantitative estimate of drug-likeness (QED) is 0.647. The van der Waals surface area contributed by atoms with Crippen molar-refractivity contribution in [3.63, 3.8) is 0 Å². The van der Waals surface area contributed by atoms with Gasteiger partial charge in [0.2, 0.25) is 0 Å². The number of hydrogen-bond acceptors (Lipinski definition) is 3. The SMILES string of the molecule is CCC(CCN)[Si](C)(OC)OC. The van der Waals surface area contributed by atoms with E-state index in [-0.39, 0.29) is 0 Å². The Morgan fingerprint density at radius 2 is 1.83 bits per heavy atom. The Morgan fingerprint density at radius 1 is 1.33 bits per heavy atom. The van der Waals surface area contributed by atoms with Gasteiger partial charge in [-0.1, -0.05) is 13.3 Å².